The third-order valence-electron chi connectivity index (χ3n) is 2.69. The number of hydrogen-bond donors (Lipinski definition) is 2. The standard InChI is InChI=1S/C13H13BrN4O/c1-7-11(13(16)19)12(15)18-10(17-7)6-8-2-4-9(14)5-3-8/h2-5H,6H2,1H3,(H2,16,19)(H2,15,17,18). The van der Waals surface area contributed by atoms with Crippen LogP contribution >= 0.6 is 15.9 Å². The van der Waals surface area contributed by atoms with Gasteiger partial charge < -0.3 is 11.5 Å². The first-order valence-corrected chi connectivity index (χ1v) is 6.44. The second kappa shape index (κ2) is 5.36. The quantitative estimate of drug-likeness (QED) is 0.901. The number of carbonyl (C=O) groups is 1. The molecule has 0 atom stereocenters. The molecule has 0 bridgehead atoms. The van der Waals surface area contributed by atoms with Crippen LogP contribution in [0.1, 0.15) is 27.4 Å². The van der Waals surface area contributed by atoms with Crippen molar-refractivity contribution in [1.82, 2.24) is 9.97 Å². The lowest BCUT2D eigenvalue weighted by Crippen LogP contribution is -2.18. The molecule has 2 aromatic rings. The molecule has 2 rings (SSSR count). The minimum absolute atomic E-state index is 0.132. The maximum atomic E-state index is 11.2. The van der Waals surface area contributed by atoms with E-state index in [0.717, 1.165) is 10.0 Å². The van der Waals surface area contributed by atoms with Crippen LogP contribution < -0.4 is 11.5 Å². The molecule has 0 aliphatic heterocycles. The molecule has 0 radical (unpaired) electrons. The first-order valence-electron chi connectivity index (χ1n) is 5.64. The minimum atomic E-state index is -0.606. The molecular weight excluding hydrogens is 308 g/mol. The van der Waals surface area contributed by atoms with Crippen LogP contribution in [-0.2, 0) is 6.42 Å². The number of hydrogen-bond acceptors (Lipinski definition) is 4. The Bertz CT molecular complexity index is 602. The van der Waals surface area contributed by atoms with Gasteiger partial charge in [0, 0.05) is 10.9 Å². The van der Waals surface area contributed by atoms with Crippen molar-refractivity contribution in [3.63, 3.8) is 0 Å². The molecule has 5 nitrogen and oxygen atoms in total. The van der Waals surface area contributed by atoms with Crippen molar-refractivity contribution >= 4 is 27.7 Å². The van der Waals surface area contributed by atoms with Gasteiger partial charge in [0.05, 0.1) is 5.69 Å². The van der Waals surface area contributed by atoms with E-state index >= 15 is 0 Å². The summed E-state index contributed by atoms with van der Waals surface area (Å²) in [4.78, 5) is 19.6. The number of aromatic nitrogens is 2. The first-order chi connectivity index (χ1) is 8.97. The van der Waals surface area contributed by atoms with Gasteiger partial charge >= 0.3 is 0 Å². The Labute approximate surface area is 119 Å². The van der Waals surface area contributed by atoms with Gasteiger partial charge in [0.1, 0.15) is 17.2 Å². The Morgan fingerprint density at radius 1 is 1.26 bits per heavy atom. The Balaban J connectivity index is 2.32. The van der Waals surface area contributed by atoms with Gasteiger partial charge in [0.25, 0.3) is 5.91 Å². The lowest BCUT2D eigenvalue weighted by Gasteiger charge is -2.08. The molecule has 1 aromatic heterocycles. The molecule has 0 aliphatic carbocycles. The topological polar surface area (TPSA) is 94.9 Å². The molecule has 0 unspecified atom stereocenters. The molecule has 0 aliphatic rings. The maximum absolute atomic E-state index is 11.2. The maximum Gasteiger partial charge on any atom is 0.254 e. The second-order valence-corrected chi connectivity index (χ2v) is 5.07. The second-order valence-electron chi connectivity index (χ2n) is 4.15. The summed E-state index contributed by atoms with van der Waals surface area (Å²) in [6, 6.07) is 7.84. The molecule has 1 aromatic carbocycles. The van der Waals surface area contributed by atoms with Crippen LogP contribution in [-0.4, -0.2) is 15.9 Å². The summed E-state index contributed by atoms with van der Waals surface area (Å²) in [5, 5.41) is 0. The Hall–Kier alpha value is -1.95. The Morgan fingerprint density at radius 2 is 1.89 bits per heavy atom. The van der Waals surface area contributed by atoms with Gasteiger partial charge in [-0.25, -0.2) is 9.97 Å². The average molecular weight is 321 g/mol. The summed E-state index contributed by atoms with van der Waals surface area (Å²) >= 11 is 3.38. The van der Waals surface area contributed by atoms with Crippen molar-refractivity contribution in [2.75, 3.05) is 5.73 Å². The zero-order valence-electron chi connectivity index (χ0n) is 10.4. The molecule has 19 heavy (non-hydrogen) atoms. The molecule has 1 amide bonds. The number of rotatable bonds is 3. The number of primary amides is 1. The predicted octanol–water partition coefficient (Wildman–Crippen LogP) is 1.82. The van der Waals surface area contributed by atoms with E-state index < -0.39 is 5.91 Å². The first kappa shape index (κ1) is 13.5. The molecule has 0 spiro atoms. The fourth-order valence-corrected chi connectivity index (χ4v) is 2.09. The number of nitrogen functional groups attached to an aromatic ring is 1. The van der Waals surface area contributed by atoms with Gasteiger partial charge in [0.2, 0.25) is 0 Å². The number of benzene rings is 1. The van der Waals surface area contributed by atoms with Crippen LogP contribution in [0.2, 0.25) is 0 Å². The fourth-order valence-electron chi connectivity index (χ4n) is 1.82. The number of amides is 1. The van der Waals surface area contributed by atoms with E-state index in [0.29, 0.717) is 17.9 Å². The number of halogens is 1. The number of carbonyl (C=O) groups excluding carboxylic acids is 1. The lowest BCUT2D eigenvalue weighted by atomic mass is 10.1. The van der Waals surface area contributed by atoms with E-state index in [2.05, 4.69) is 25.9 Å². The molecule has 4 N–H and O–H groups in total. The van der Waals surface area contributed by atoms with Crippen molar-refractivity contribution in [1.29, 1.82) is 0 Å². The molecule has 98 valence electrons. The highest BCUT2D eigenvalue weighted by Crippen LogP contribution is 2.16. The minimum Gasteiger partial charge on any atom is -0.383 e. The number of nitrogens with zero attached hydrogens (tertiary/aromatic N) is 2. The highest BCUT2D eigenvalue weighted by molar-refractivity contribution is 9.10. The third-order valence-corrected chi connectivity index (χ3v) is 3.21. The monoisotopic (exact) mass is 320 g/mol. The van der Waals surface area contributed by atoms with Crippen molar-refractivity contribution in [2.24, 2.45) is 5.73 Å². The van der Waals surface area contributed by atoms with E-state index in [4.69, 9.17) is 11.5 Å². The summed E-state index contributed by atoms with van der Waals surface area (Å²) in [6.45, 7) is 1.70. The molecule has 0 saturated heterocycles. The van der Waals surface area contributed by atoms with Gasteiger partial charge in [-0.2, -0.15) is 0 Å². The summed E-state index contributed by atoms with van der Waals surface area (Å²) in [5.74, 6) is 0.0969. The van der Waals surface area contributed by atoms with Crippen molar-refractivity contribution in [2.45, 2.75) is 13.3 Å². The Kier molecular flexibility index (Phi) is 3.80. The number of anilines is 1. The molecule has 0 saturated carbocycles. The zero-order valence-corrected chi connectivity index (χ0v) is 11.9. The summed E-state index contributed by atoms with van der Waals surface area (Å²) < 4.78 is 1.01. The van der Waals surface area contributed by atoms with Crippen LogP contribution in [0.3, 0.4) is 0 Å². The smallest absolute Gasteiger partial charge is 0.254 e. The van der Waals surface area contributed by atoms with E-state index in [-0.39, 0.29) is 11.4 Å². The van der Waals surface area contributed by atoms with Gasteiger partial charge in [-0.15, -0.1) is 0 Å². The van der Waals surface area contributed by atoms with Gasteiger partial charge in [-0.05, 0) is 24.6 Å². The number of aryl methyl sites for hydroxylation is 1. The average Bonchev–Trinajstić information content (AvgIpc) is 2.30. The molecule has 6 heteroatoms. The largest absolute Gasteiger partial charge is 0.383 e. The highest BCUT2D eigenvalue weighted by atomic mass is 79.9. The van der Waals surface area contributed by atoms with E-state index in [9.17, 15) is 4.79 Å². The van der Waals surface area contributed by atoms with Crippen LogP contribution in [0.25, 0.3) is 0 Å². The van der Waals surface area contributed by atoms with Gasteiger partial charge in [-0.3, -0.25) is 4.79 Å². The number of nitrogens with two attached hydrogens (primary N) is 2. The molecule has 0 fully saturated rings. The third kappa shape index (κ3) is 3.08. The SMILES string of the molecule is Cc1nc(Cc2ccc(Br)cc2)nc(N)c1C(N)=O. The fraction of sp³-hybridized carbons (Fsp3) is 0.154. The van der Waals surface area contributed by atoms with Gasteiger partial charge in [0.15, 0.2) is 0 Å². The highest BCUT2D eigenvalue weighted by Gasteiger charge is 2.14. The molecular formula is C13H13BrN4O. The van der Waals surface area contributed by atoms with Crippen LogP contribution in [0, 0.1) is 6.92 Å². The van der Waals surface area contributed by atoms with Crippen molar-refractivity contribution < 1.29 is 4.79 Å². The predicted molar refractivity (Wildman–Crippen MR) is 76.6 cm³/mol. The van der Waals surface area contributed by atoms with Gasteiger partial charge in [-0.1, -0.05) is 28.1 Å². The lowest BCUT2D eigenvalue weighted by molar-refractivity contribution is 0.1000. The summed E-state index contributed by atoms with van der Waals surface area (Å²) in [5.41, 5.74) is 12.7. The van der Waals surface area contributed by atoms with E-state index in [1.54, 1.807) is 6.92 Å². The normalized spacial score (nSPS) is 10.4. The molecule has 1 heterocycles. The van der Waals surface area contributed by atoms with Crippen LogP contribution in [0.5, 0.6) is 0 Å². The zero-order chi connectivity index (χ0) is 14.0. The van der Waals surface area contributed by atoms with Crippen molar-refractivity contribution in [3.8, 4) is 0 Å². The van der Waals surface area contributed by atoms with E-state index in [1.807, 2.05) is 24.3 Å². The van der Waals surface area contributed by atoms with Crippen LogP contribution in [0.4, 0.5) is 5.82 Å². The van der Waals surface area contributed by atoms with Crippen molar-refractivity contribution in [3.05, 3.63) is 51.4 Å². The summed E-state index contributed by atoms with van der Waals surface area (Å²) in [7, 11) is 0. The summed E-state index contributed by atoms with van der Waals surface area (Å²) in [6.07, 6.45) is 0.553. The van der Waals surface area contributed by atoms with Crippen LogP contribution in [0.15, 0.2) is 28.7 Å². The van der Waals surface area contributed by atoms with E-state index in [1.165, 1.54) is 0 Å². The Morgan fingerprint density at radius 3 is 2.42 bits per heavy atom.